The highest BCUT2D eigenvalue weighted by Gasteiger charge is 2.29. The zero-order valence-electron chi connectivity index (χ0n) is 13.9. The van der Waals surface area contributed by atoms with Gasteiger partial charge < -0.3 is 0 Å². The molecular weight excluding hydrogens is 352 g/mol. The molecule has 0 atom stereocenters. The maximum atomic E-state index is 13.1. The van der Waals surface area contributed by atoms with Crippen molar-refractivity contribution in [2.45, 2.75) is 13.8 Å². The summed E-state index contributed by atoms with van der Waals surface area (Å²) in [6, 6.07) is 17.1. The Kier molecular flexibility index (Phi) is 3.94. The second kappa shape index (κ2) is 6.14. The van der Waals surface area contributed by atoms with E-state index in [0.717, 1.165) is 16.3 Å². The maximum Gasteiger partial charge on any atom is 0.351 e. The molecule has 2 aromatic heterocycles. The van der Waals surface area contributed by atoms with E-state index < -0.39 is 0 Å². The standard InChI is InChI=1S/C20H16ClN2OS/c1-13-14(2)25-20-22(17-6-4-3-5-7-17)12-18(23(13)20)19(24)15-8-10-16(21)11-9-15/h3-12H,1-2H3/q+1. The van der Waals surface area contributed by atoms with Crippen LogP contribution in [0.15, 0.2) is 60.8 Å². The molecule has 0 saturated heterocycles. The minimum absolute atomic E-state index is 0.0118. The molecule has 0 bridgehead atoms. The highest BCUT2D eigenvalue weighted by molar-refractivity contribution is 7.16. The number of nitrogens with zero attached hydrogens (tertiary/aromatic N) is 2. The molecule has 4 aromatic rings. The topological polar surface area (TPSA) is 26.1 Å². The third-order valence-corrected chi connectivity index (χ3v) is 5.77. The van der Waals surface area contributed by atoms with Crippen LogP contribution in [0.5, 0.6) is 0 Å². The number of imidazole rings is 1. The zero-order chi connectivity index (χ0) is 17.6. The molecule has 0 spiro atoms. The molecule has 0 aliphatic heterocycles. The van der Waals surface area contributed by atoms with Crippen molar-refractivity contribution in [3.05, 3.63) is 87.6 Å². The van der Waals surface area contributed by atoms with Gasteiger partial charge in [0, 0.05) is 10.6 Å². The molecule has 2 aromatic carbocycles. The molecule has 4 rings (SSSR count). The number of thiazole rings is 1. The summed E-state index contributed by atoms with van der Waals surface area (Å²) in [6.07, 6.45) is 1.92. The van der Waals surface area contributed by atoms with E-state index in [1.54, 1.807) is 35.6 Å². The molecule has 0 aliphatic rings. The summed E-state index contributed by atoms with van der Waals surface area (Å²) in [4.78, 5) is 15.3. The maximum absolute atomic E-state index is 13.1. The predicted octanol–water partition coefficient (Wildman–Crippen LogP) is 4.78. The number of rotatable bonds is 3. The Labute approximate surface area is 154 Å². The van der Waals surface area contributed by atoms with E-state index in [2.05, 4.69) is 11.5 Å². The van der Waals surface area contributed by atoms with Crippen LogP contribution < -0.4 is 4.40 Å². The van der Waals surface area contributed by atoms with Crippen LogP contribution in [0.25, 0.3) is 10.6 Å². The molecule has 0 radical (unpaired) electrons. The molecule has 0 aliphatic carbocycles. The normalized spacial score (nSPS) is 11.2. The fourth-order valence-electron chi connectivity index (χ4n) is 2.92. The Morgan fingerprint density at radius 3 is 2.40 bits per heavy atom. The molecule has 5 heteroatoms. The van der Waals surface area contributed by atoms with Gasteiger partial charge in [-0.05, 0) is 50.2 Å². The van der Waals surface area contributed by atoms with Gasteiger partial charge >= 0.3 is 4.96 Å². The van der Waals surface area contributed by atoms with Gasteiger partial charge in [-0.1, -0.05) is 41.1 Å². The Hall–Kier alpha value is -2.43. The van der Waals surface area contributed by atoms with Gasteiger partial charge in [-0.15, -0.1) is 0 Å². The fourth-order valence-corrected chi connectivity index (χ4v) is 4.14. The van der Waals surface area contributed by atoms with Crippen molar-refractivity contribution < 1.29 is 9.20 Å². The van der Waals surface area contributed by atoms with Crippen molar-refractivity contribution in [1.82, 2.24) is 4.57 Å². The molecule has 0 saturated carbocycles. The van der Waals surface area contributed by atoms with Gasteiger partial charge in [0.15, 0.2) is 0 Å². The highest BCUT2D eigenvalue weighted by atomic mass is 35.5. The largest absolute Gasteiger partial charge is 0.351 e. The van der Waals surface area contributed by atoms with Crippen molar-refractivity contribution in [3.8, 4) is 5.69 Å². The average Bonchev–Trinajstić information content (AvgIpc) is 3.13. The zero-order valence-corrected chi connectivity index (χ0v) is 15.4. The summed E-state index contributed by atoms with van der Waals surface area (Å²) in [6.45, 7) is 4.13. The first-order valence-electron chi connectivity index (χ1n) is 7.95. The first kappa shape index (κ1) is 16.1. The van der Waals surface area contributed by atoms with Gasteiger partial charge in [0.25, 0.3) is 0 Å². The Morgan fingerprint density at radius 2 is 1.72 bits per heavy atom. The van der Waals surface area contributed by atoms with E-state index in [-0.39, 0.29) is 5.78 Å². The number of halogens is 1. The smallest absolute Gasteiger partial charge is 0.284 e. The third kappa shape index (κ3) is 2.68. The van der Waals surface area contributed by atoms with Crippen LogP contribution in [0.2, 0.25) is 5.02 Å². The van der Waals surface area contributed by atoms with Crippen molar-refractivity contribution in [1.29, 1.82) is 0 Å². The lowest BCUT2D eigenvalue weighted by molar-refractivity contribution is -0.516. The molecule has 2 heterocycles. The van der Waals surface area contributed by atoms with Crippen molar-refractivity contribution in [2.75, 3.05) is 0 Å². The number of benzene rings is 2. The molecule has 0 amide bonds. The number of carbonyl (C=O) groups excluding carboxylic acids is 1. The number of para-hydroxylation sites is 1. The summed E-state index contributed by atoms with van der Waals surface area (Å²) in [7, 11) is 0. The quantitative estimate of drug-likeness (QED) is 0.378. The summed E-state index contributed by atoms with van der Waals surface area (Å²) < 4.78 is 4.12. The summed E-state index contributed by atoms with van der Waals surface area (Å²) in [5.41, 5.74) is 3.42. The van der Waals surface area contributed by atoms with Gasteiger partial charge in [-0.2, -0.15) is 8.97 Å². The van der Waals surface area contributed by atoms with E-state index >= 15 is 0 Å². The number of aromatic nitrogens is 2. The van der Waals surface area contributed by atoms with E-state index in [1.807, 2.05) is 47.9 Å². The SMILES string of the molecule is Cc1sc2n(-c3ccccc3)cc(C(=O)c3ccc(Cl)cc3)[n+]2c1C. The minimum Gasteiger partial charge on any atom is -0.284 e. The van der Waals surface area contributed by atoms with Crippen molar-refractivity contribution >= 4 is 33.7 Å². The number of carbonyl (C=O) groups is 1. The van der Waals surface area contributed by atoms with Crippen LogP contribution in [0, 0.1) is 13.8 Å². The molecule has 25 heavy (non-hydrogen) atoms. The summed E-state index contributed by atoms with van der Waals surface area (Å²) >= 11 is 7.64. The average molecular weight is 368 g/mol. The van der Waals surface area contributed by atoms with Crippen LogP contribution in [0.4, 0.5) is 0 Å². The van der Waals surface area contributed by atoms with Crippen LogP contribution in [-0.2, 0) is 0 Å². The number of hydrogen-bond donors (Lipinski definition) is 0. The lowest BCUT2D eigenvalue weighted by Crippen LogP contribution is -2.29. The number of fused-ring (bicyclic) bond motifs is 1. The molecule has 0 unspecified atom stereocenters. The van der Waals surface area contributed by atoms with Gasteiger partial charge in [-0.3, -0.25) is 4.79 Å². The Balaban J connectivity index is 1.95. The van der Waals surface area contributed by atoms with E-state index in [4.69, 9.17) is 11.6 Å². The number of ketones is 1. The molecule has 3 nitrogen and oxygen atoms in total. The fraction of sp³-hybridized carbons (Fsp3) is 0.100. The molecule has 0 N–H and O–H groups in total. The third-order valence-electron chi connectivity index (χ3n) is 4.35. The van der Waals surface area contributed by atoms with Crippen LogP contribution in [0.3, 0.4) is 0 Å². The van der Waals surface area contributed by atoms with Gasteiger partial charge in [0.05, 0.1) is 4.88 Å². The van der Waals surface area contributed by atoms with Crippen LogP contribution >= 0.6 is 22.9 Å². The van der Waals surface area contributed by atoms with Gasteiger partial charge in [-0.25, -0.2) is 0 Å². The molecular formula is C20H16ClN2OS+. The lowest BCUT2D eigenvalue weighted by Gasteiger charge is -1.97. The van der Waals surface area contributed by atoms with Crippen molar-refractivity contribution in [2.24, 2.45) is 0 Å². The van der Waals surface area contributed by atoms with Gasteiger partial charge in [0.1, 0.15) is 17.6 Å². The molecule has 124 valence electrons. The molecule has 0 fully saturated rings. The second-order valence-corrected chi connectivity index (χ2v) is 7.54. The van der Waals surface area contributed by atoms with Crippen molar-refractivity contribution in [3.63, 3.8) is 0 Å². The lowest BCUT2D eigenvalue weighted by atomic mass is 10.1. The minimum atomic E-state index is -0.0118. The Morgan fingerprint density at radius 1 is 1.04 bits per heavy atom. The first-order valence-corrected chi connectivity index (χ1v) is 9.14. The first-order chi connectivity index (χ1) is 12.1. The highest BCUT2D eigenvalue weighted by Crippen LogP contribution is 2.23. The number of hydrogen-bond acceptors (Lipinski definition) is 2. The summed E-state index contributed by atoms with van der Waals surface area (Å²) in [5, 5.41) is 0.624. The van der Waals surface area contributed by atoms with Crippen LogP contribution in [-0.4, -0.2) is 10.4 Å². The number of aryl methyl sites for hydroxylation is 2. The van der Waals surface area contributed by atoms with Gasteiger partial charge in [0.2, 0.25) is 11.5 Å². The van der Waals surface area contributed by atoms with E-state index in [1.165, 1.54) is 4.88 Å². The monoisotopic (exact) mass is 367 g/mol. The Bertz CT molecular complexity index is 1080. The summed E-state index contributed by atoms with van der Waals surface area (Å²) in [5.74, 6) is -0.0118. The van der Waals surface area contributed by atoms with E-state index in [9.17, 15) is 4.79 Å². The second-order valence-electron chi connectivity index (χ2n) is 5.92. The van der Waals surface area contributed by atoms with E-state index in [0.29, 0.717) is 16.3 Å². The van der Waals surface area contributed by atoms with Crippen LogP contribution in [0.1, 0.15) is 26.6 Å². The predicted molar refractivity (Wildman–Crippen MR) is 101 cm³/mol.